The lowest BCUT2D eigenvalue weighted by atomic mass is 10.1. The van der Waals surface area contributed by atoms with Crippen molar-refractivity contribution >= 4 is 44.4 Å². The van der Waals surface area contributed by atoms with E-state index < -0.39 is 5.63 Å². The first kappa shape index (κ1) is 20.5. The highest BCUT2D eigenvalue weighted by molar-refractivity contribution is 7.15. The van der Waals surface area contributed by atoms with E-state index in [1.165, 1.54) is 11.3 Å². The number of nitrogens with zero attached hydrogens (tertiary/aromatic N) is 4. The topological polar surface area (TPSA) is 82.4 Å². The maximum Gasteiger partial charge on any atom is 0.344 e. The standard InChI is InChI=1S/C28H16N4O3S/c33-26-25(36-28-29-21-11-5-6-12-23(21)32(26)28)15-22-20(16-31(30-22)18-9-2-1-3-10-18)19-14-17-8-4-7-13-24(17)35-27(19)34/h1-16H. The minimum Gasteiger partial charge on any atom is -0.422 e. The molecule has 0 fully saturated rings. The first-order valence-electron chi connectivity index (χ1n) is 11.3. The predicted octanol–water partition coefficient (Wildman–Crippen LogP) is 4.42. The fourth-order valence-corrected chi connectivity index (χ4v) is 5.36. The van der Waals surface area contributed by atoms with Gasteiger partial charge >= 0.3 is 5.63 Å². The number of rotatable bonds is 3. The molecule has 7 rings (SSSR count). The Kier molecular flexibility index (Phi) is 4.49. The van der Waals surface area contributed by atoms with Gasteiger partial charge < -0.3 is 4.42 Å². The van der Waals surface area contributed by atoms with Gasteiger partial charge in [-0.05, 0) is 42.5 Å². The fraction of sp³-hybridized carbons (Fsp3) is 0. The van der Waals surface area contributed by atoms with Crippen LogP contribution in [0.5, 0.6) is 0 Å². The van der Waals surface area contributed by atoms with Crippen molar-refractivity contribution in [2.24, 2.45) is 0 Å². The van der Waals surface area contributed by atoms with E-state index in [-0.39, 0.29) is 5.56 Å². The smallest absolute Gasteiger partial charge is 0.344 e. The third-order valence-corrected chi connectivity index (χ3v) is 7.08. The van der Waals surface area contributed by atoms with Gasteiger partial charge in [0.15, 0.2) is 4.96 Å². The van der Waals surface area contributed by atoms with Crippen LogP contribution < -0.4 is 15.7 Å². The largest absolute Gasteiger partial charge is 0.422 e. The van der Waals surface area contributed by atoms with Crippen molar-refractivity contribution in [1.82, 2.24) is 19.2 Å². The molecule has 36 heavy (non-hydrogen) atoms. The molecular formula is C28H16N4O3S. The monoisotopic (exact) mass is 488 g/mol. The summed E-state index contributed by atoms with van der Waals surface area (Å²) in [6.45, 7) is 0. The summed E-state index contributed by atoms with van der Waals surface area (Å²) < 4.78 is 9.39. The average molecular weight is 489 g/mol. The third kappa shape index (κ3) is 3.19. The number of thiazole rings is 1. The number of para-hydroxylation sites is 4. The van der Waals surface area contributed by atoms with Gasteiger partial charge in [0.05, 0.1) is 32.5 Å². The van der Waals surface area contributed by atoms with Gasteiger partial charge in [-0.2, -0.15) is 5.10 Å². The van der Waals surface area contributed by atoms with Crippen molar-refractivity contribution in [2.45, 2.75) is 0 Å². The molecule has 0 N–H and O–H groups in total. The molecule has 0 unspecified atom stereocenters. The van der Waals surface area contributed by atoms with Crippen LogP contribution in [-0.2, 0) is 0 Å². The van der Waals surface area contributed by atoms with E-state index in [0.29, 0.717) is 31.9 Å². The second-order valence-corrected chi connectivity index (χ2v) is 9.34. The zero-order chi connectivity index (χ0) is 24.2. The average Bonchev–Trinajstić information content (AvgIpc) is 3.57. The number of benzene rings is 3. The number of hydrogen-bond donors (Lipinski definition) is 0. The molecule has 7 aromatic rings. The lowest BCUT2D eigenvalue weighted by Crippen LogP contribution is -2.22. The molecule has 4 heterocycles. The molecule has 8 heteroatoms. The summed E-state index contributed by atoms with van der Waals surface area (Å²) in [5.41, 5.74) is 3.69. The van der Waals surface area contributed by atoms with Crippen molar-refractivity contribution in [3.05, 3.63) is 122 Å². The third-order valence-electron chi connectivity index (χ3n) is 6.11. The molecular weight excluding hydrogens is 472 g/mol. The van der Waals surface area contributed by atoms with Crippen molar-refractivity contribution in [2.75, 3.05) is 0 Å². The van der Waals surface area contributed by atoms with Crippen LogP contribution in [0.2, 0.25) is 0 Å². The molecule has 0 bridgehead atoms. The SMILES string of the molecule is O=c1oc2ccccc2cc1-c1cn(-c2ccccc2)nc1C=c1sc2nc3ccccc3n2c1=O. The summed E-state index contributed by atoms with van der Waals surface area (Å²) >= 11 is 1.29. The quantitative estimate of drug-likeness (QED) is 0.344. The van der Waals surface area contributed by atoms with E-state index in [4.69, 9.17) is 9.52 Å². The van der Waals surface area contributed by atoms with Gasteiger partial charge in [0.1, 0.15) is 5.58 Å². The van der Waals surface area contributed by atoms with Crippen LogP contribution in [0.1, 0.15) is 5.69 Å². The Hall–Kier alpha value is -4.82. The van der Waals surface area contributed by atoms with Gasteiger partial charge in [-0.25, -0.2) is 18.9 Å². The predicted molar refractivity (Wildman–Crippen MR) is 141 cm³/mol. The Balaban J connectivity index is 1.50. The highest BCUT2D eigenvalue weighted by atomic mass is 32.1. The van der Waals surface area contributed by atoms with E-state index >= 15 is 0 Å². The lowest BCUT2D eigenvalue weighted by Gasteiger charge is -2.01. The molecule has 0 saturated heterocycles. The molecule has 0 aliphatic heterocycles. The lowest BCUT2D eigenvalue weighted by molar-refractivity contribution is 0.563. The van der Waals surface area contributed by atoms with Crippen molar-refractivity contribution in [3.8, 4) is 16.8 Å². The molecule has 0 saturated carbocycles. The van der Waals surface area contributed by atoms with Gasteiger partial charge in [-0.1, -0.05) is 59.9 Å². The Morgan fingerprint density at radius 3 is 2.53 bits per heavy atom. The number of fused-ring (bicyclic) bond motifs is 4. The minimum absolute atomic E-state index is 0.172. The van der Waals surface area contributed by atoms with Crippen LogP contribution in [0.25, 0.3) is 49.9 Å². The van der Waals surface area contributed by atoms with Crippen LogP contribution in [0.3, 0.4) is 0 Å². The van der Waals surface area contributed by atoms with Gasteiger partial charge in [0.25, 0.3) is 5.56 Å². The van der Waals surface area contributed by atoms with Crippen LogP contribution in [0, 0.1) is 0 Å². The summed E-state index contributed by atoms with van der Waals surface area (Å²) in [7, 11) is 0. The Bertz CT molecular complexity index is 2100. The normalized spacial score (nSPS) is 12.3. The van der Waals surface area contributed by atoms with E-state index in [2.05, 4.69) is 4.98 Å². The molecule has 7 nitrogen and oxygen atoms in total. The van der Waals surface area contributed by atoms with E-state index in [9.17, 15) is 9.59 Å². The zero-order valence-corrected chi connectivity index (χ0v) is 19.5. The van der Waals surface area contributed by atoms with E-state index in [0.717, 1.165) is 22.1 Å². The molecule has 0 amide bonds. The van der Waals surface area contributed by atoms with Crippen LogP contribution in [0.15, 0.2) is 105 Å². The van der Waals surface area contributed by atoms with Gasteiger partial charge in [-0.15, -0.1) is 0 Å². The van der Waals surface area contributed by atoms with Crippen LogP contribution in [0.4, 0.5) is 0 Å². The maximum absolute atomic E-state index is 13.4. The van der Waals surface area contributed by atoms with Crippen molar-refractivity contribution < 1.29 is 4.42 Å². The fourth-order valence-electron chi connectivity index (χ4n) is 4.40. The van der Waals surface area contributed by atoms with Gasteiger partial charge in [0.2, 0.25) is 0 Å². The zero-order valence-electron chi connectivity index (χ0n) is 18.7. The first-order valence-corrected chi connectivity index (χ1v) is 12.1. The number of imidazole rings is 1. The second kappa shape index (κ2) is 7.86. The number of aromatic nitrogens is 4. The molecule has 0 radical (unpaired) electrons. The van der Waals surface area contributed by atoms with Gasteiger partial charge in [-0.3, -0.25) is 4.79 Å². The Morgan fingerprint density at radius 1 is 0.861 bits per heavy atom. The number of hydrogen-bond acceptors (Lipinski definition) is 6. The van der Waals surface area contributed by atoms with Gasteiger partial charge in [0, 0.05) is 17.1 Å². The summed E-state index contributed by atoms with van der Waals surface area (Å²) in [6, 6.07) is 26.3. The van der Waals surface area contributed by atoms with Crippen molar-refractivity contribution in [3.63, 3.8) is 0 Å². The summed E-state index contributed by atoms with van der Waals surface area (Å²) in [4.78, 5) is 31.6. The minimum atomic E-state index is -0.467. The highest BCUT2D eigenvalue weighted by Gasteiger charge is 2.17. The van der Waals surface area contributed by atoms with Crippen molar-refractivity contribution in [1.29, 1.82) is 0 Å². The Morgan fingerprint density at radius 2 is 1.64 bits per heavy atom. The summed E-state index contributed by atoms with van der Waals surface area (Å²) in [6.07, 6.45) is 3.51. The highest BCUT2D eigenvalue weighted by Crippen LogP contribution is 2.26. The molecule has 0 aliphatic rings. The van der Waals surface area contributed by atoms with E-state index in [1.807, 2.05) is 72.8 Å². The molecule has 4 aromatic heterocycles. The Labute approximate surface area is 206 Å². The maximum atomic E-state index is 13.4. The molecule has 0 aliphatic carbocycles. The first-order chi connectivity index (χ1) is 17.7. The summed E-state index contributed by atoms with van der Waals surface area (Å²) in [5, 5.41) is 5.55. The molecule has 3 aromatic carbocycles. The summed E-state index contributed by atoms with van der Waals surface area (Å²) in [5.74, 6) is 0. The molecule has 172 valence electrons. The second-order valence-electron chi connectivity index (χ2n) is 8.33. The van der Waals surface area contributed by atoms with E-state index in [1.54, 1.807) is 33.5 Å². The molecule has 0 atom stereocenters. The molecule has 0 spiro atoms. The van der Waals surface area contributed by atoms with Crippen LogP contribution in [-0.4, -0.2) is 19.2 Å². The van der Waals surface area contributed by atoms with Crippen LogP contribution >= 0.6 is 11.3 Å².